The third kappa shape index (κ3) is 3.67. The first-order valence-electron chi connectivity index (χ1n) is 10.0. The Morgan fingerprint density at radius 3 is 2.50 bits per heavy atom. The van der Waals surface area contributed by atoms with Crippen LogP contribution in [0.5, 0.6) is 5.75 Å². The molecule has 0 saturated heterocycles. The van der Waals surface area contributed by atoms with E-state index in [-0.39, 0.29) is 0 Å². The van der Waals surface area contributed by atoms with Crippen molar-refractivity contribution in [2.45, 2.75) is 38.8 Å². The zero-order valence-corrected chi connectivity index (χ0v) is 16.9. The van der Waals surface area contributed by atoms with Crippen LogP contribution < -0.4 is 15.8 Å². The molecule has 1 aromatic heterocycles. The number of anilines is 2. The Hall–Kier alpha value is -2.66. The van der Waals surface area contributed by atoms with Crippen LogP contribution in [0.4, 0.5) is 11.4 Å². The standard InChI is InChI=1S/C23H29N3O2/c1-15(2)25-17-6-4-16(5-7-17)23-22(24)20-11-10-19(28-13-12-27-3)14-21(20)26(23)18-8-9-18/h4-7,10-11,14-15,18,25H,8-9,12-13,24H2,1-3H3. The molecule has 5 heteroatoms. The number of methoxy groups -OCH3 is 1. The van der Waals surface area contributed by atoms with Crippen LogP contribution >= 0.6 is 0 Å². The van der Waals surface area contributed by atoms with Crippen LogP contribution in [0.1, 0.15) is 32.7 Å². The number of hydrogen-bond acceptors (Lipinski definition) is 4. The average Bonchev–Trinajstić information content (AvgIpc) is 3.47. The van der Waals surface area contributed by atoms with Gasteiger partial charge in [-0.2, -0.15) is 0 Å². The van der Waals surface area contributed by atoms with Crippen molar-refractivity contribution in [3.63, 3.8) is 0 Å². The molecule has 5 nitrogen and oxygen atoms in total. The fourth-order valence-electron chi connectivity index (χ4n) is 3.71. The zero-order valence-electron chi connectivity index (χ0n) is 16.9. The van der Waals surface area contributed by atoms with E-state index in [1.54, 1.807) is 7.11 Å². The van der Waals surface area contributed by atoms with Gasteiger partial charge >= 0.3 is 0 Å². The van der Waals surface area contributed by atoms with Crippen LogP contribution in [0.3, 0.4) is 0 Å². The van der Waals surface area contributed by atoms with Gasteiger partial charge in [-0.15, -0.1) is 0 Å². The summed E-state index contributed by atoms with van der Waals surface area (Å²) >= 11 is 0. The Morgan fingerprint density at radius 2 is 1.86 bits per heavy atom. The first kappa shape index (κ1) is 18.7. The quantitative estimate of drug-likeness (QED) is 0.536. The minimum absolute atomic E-state index is 0.408. The lowest BCUT2D eigenvalue weighted by atomic mass is 10.1. The maximum absolute atomic E-state index is 6.63. The summed E-state index contributed by atoms with van der Waals surface area (Å²) in [5.41, 5.74) is 12.0. The molecule has 0 aliphatic heterocycles. The van der Waals surface area contributed by atoms with E-state index in [1.165, 1.54) is 12.8 Å². The monoisotopic (exact) mass is 379 g/mol. The van der Waals surface area contributed by atoms with Crippen molar-refractivity contribution in [1.82, 2.24) is 4.57 Å². The molecule has 1 saturated carbocycles. The number of nitrogens with zero attached hydrogens (tertiary/aromatic N) is 1. The maximum Gasteiger partial charge on any atom is 0.121 e. The van der Waals surface area contributed by atoms with Crippen LogP contribution in [0.2, 0.25) is 0 Å². The van der Waals surface area contributed by atoms with Crippen molar-refractivity contribution in [3.8, 4) is 17.0 Å². The number of nitrogen functional groups attached to an aromatic ring is 1. The normalized spacial score (nSPS) is 14.0. The maximum atomic E-state index is 6.63. The highest BCUT2D eigenvalue weighted by Crippen LogP contribution is 2.46. The van der Waals surface area contributed by atoms with Crippen molar-refractivity contribution >= 4 is 22.3 Å². The lowest BCUT2D eigenvalue weighted by Gasteiger charge is -2.13. The summed E-state index contributed by atoms with van der Waals surface area (Å²) in [6.07, 6.45) is 2.38. The van der Waals surface area contributed by atoms with Gasteiger partial charge in [-0.25, -0.2) is 0 Å². The molecule has 1 fully saturated rings. The summed E-state index contributed by atoms with van der Waals surface area (Å²) in [6.45, 7) is 5.40. The molecule has 2 aromatic carbocycles. The predicted octanol–water partition coefficient (Wildman–Crippen LogP) is 5.07. The van der Waals surface area contributed by atoms with Crippen molar-refractivity contribution in [1.29, 1.82) is 0 Å². The molecule has 0 bridgehead atoms. The van der Waals surface area contributed by atoms with E-state index < -0.39 is 0 Å². The van der Waals surface area contributed by atoms with E-state index in [0.717, 1.165) is 39.3 Å². The molecule has 1 aliphatic carbocycles. The van der Waals surface area contributed by atoms with Crippen molar-refractivity contribution in [3.05, 3.63) is 42.5 Å². The Bertz CT molecular complexity index is 956. The highest BCUT2D eigenvalue weighted by atomic mass is 16.5. The van der Waals surface area contributed by atoms with E-state index in [0.29, 0.717) is 25.3 Å². The lowest BCUT2D eigenvalue weighted by Crippen LogP contribution is -2.09. The number of aromatic nitrogens is 1. The first-order chi connectivity index (χ1) is 13.6. The van der Waals surface area contributed by atoms with Gasteiger partial charge in [-0.05, 0) is 51.0 Å². The second-order valence-electron chi connectivity index (χ2n) is 7.76. The van der Waals surface area contributed by atoms with E-state index >= 15 is 0 Å². The van der Waals surface area contributed by atoms with E-state index in [2.05, 4.69) is 60.1 Å². The number of hydrogen-bond donors (Lipinski definition) is 2. The number of nitrogens with two attached hydrogens (primary N) is 1. The van der Waals surface area contributed by atoms with Crippen LogP contribution in [0.15, 0.2) is 42.5 Å². The molecular formula is C23H29N3O2. The van der Waals surface area contributed by atoms with Crippen LogP contribution in [-0.4, -0.2) is 30.9 Å². The molecule has 3 aromatic rings. The predicted molar refractivity (Wildman–Crippen MR) is 116 cm³/mol. The summed E-state index contributed by atoms with van der Waals surface area (Å²) in [5.74, 6) is 0.854. The fraction of sp³-hybridized carbons (Fsp3) is 0.391. The molecule has 4 rings (SSSR count). The van der Waals surface area contributed by atoms with Crippen molar-refractivity contribution in [2.75, 3.05) is 31.4 Å². The van der Waals surface area contributed by atoms with Crippen LogP contribution in [0.25, 0.3) is 22.2 Å². The third-order valence-electron chi connectivity index (χ3n) is 5.10. The molecule has 0 amide bonds. The van der Waals surface area contributed by atoms with Crippen LogP contribution in [0, 0.1) is 0 Å². The molecule has 0 radical (unpaired) electrons. The SMILES string of the molecule is COCCOc1ccc2c(N)c(-c3ccc(NC(C)C)cc3)n(C3CC3)c2c1. The van der Waals surface area contributed by atoms with Gasteiger partial charge in [0.05, 0.1) is 23.5 Å². The Balaban J connectivity index is 1.75. The topological polar surface area (TPSA) is 61.4 Å². The summed E-state index contributed by atoms with van der Waals surface area (Å²) < 4.78 is 13.3. The molecule has 1 heterocycles. The van der Waals surface area contributed by atoms with Crippen molar-refractivity contribution in [2.24, 2.45) is 0 Å². The summed E-state index contributed by atoms with van der Waals surface area (Å²) in [6, 6.07) is 15.7. The molecule has 3 N–H and O–H groups in total. The lowest BCUT2D eigenvalue weighted by molar-refractivity contribution is 0.146. The summed E-state index contributed by atoms with van der Waals surface area (Å²) in [4.78, 5) is 0. The van der Waals surface area contributed by atoms with Gasteiger partial charge in [-0.1, -0.05) is 12.1 Å². The zero-order chi connectivity index (χ0) is 19.7. The van der Waals surface area contributed by atoms with E-state index in [4.69, 9.17) is 15.2 Å². The minimum atomic E-state index is 0.408. The Morgan fingerprint density at radius 1 is 1.11 bits per heavy atom. The number of fused-ring (bicyclic) bond motifs is 1. The highest BCUT2D eigenvalue weighted by Gasteiger charge is 2.30. The largest absolute Gasteiger partial charge is 0.491 e. The first-order valence-corrected chi connectivity index (χ1v) is 10.0. The molecule has 0 spiro atoms. The highest BCUT2D eigenvalue weighted by molar-refractivity contribution is 6.01. The Labute approximate surface area is 166 Å². The third-order valence-corrected chi connectivity index (χ3v) is 5.10. The molecule has 1 aliphatic rings. The summed E-state index contributed by atoms with van der Waals surface area (Å²) in [5, 5.41) is 4.53. The fourth-order valence-corrected chi connectivity index (χ4v) is 3.71. The van der Waals surface area contributed by atoms with Gasteiger partial charge < -0.3 is 25.1 Å². The molecule has 28 heavy (non-hydrogen) atoms. The molecule has 0 atom stereocenters. The number of ether oxygens (including phenoxy) is 2. The van der Waals surface area contributed by atoms with Gasteiger partial charge in [0.25, 0.3) is 0 Å². The molecule has 0 unspecified atom stereocenters. The van der Waals surface area contributed by atoms with Gasteiger partial charge in [-0.3, -0.25) is 0 Å². The molecule has 148 valence electrons. The molecular weight excluding hydrogens is 350 g/mol. The van der Waals surface area contributed by atoms with Gasteiger partial charge in [0, 0.05) is 41.9 Å². The van der Waals surface area contributed by atoms with E-state index in [9.17, 15) is 0 Å². The van der Waals surface area contributed by atoms with Crippen molar-refractivity contribution < 1.29 is 9.47 Å². The van der Waals surface area contributed by atoms with Gasteiger partial charge in [0.1, 0.15) is 12.4 Å². The smallest absolute Gasteiger partial charge is 0.121 e. The van der Waals surface area contributed by atoms with Crippen LogP contribution in [-0.2, 0) is 4.74 Å². The van der Waals surface area contributed by atoms with Gasteiger partial charge in [0.2, 0.25) is 0 Å². The second-order valence-corrected chi connectivity index (χ2v) is 7.76. The number of benzene rings is 2. The summed E-state index contributed by atoms with van der Waals surface area (Å²) in [7, 11) is 1.68. The van der Waals surface area contributed by atoms with E-state index in [1.807, 2.05) is 6.07 Å². The number of rotatable bonds is 8. The Kier molecular flexibility index (Phi) is 5.18. The minimum Gasteiger partial charge on any atom is -0.491 e. The number of nitrogens with one attached hydrogen (secondary N) is 1. The second kappa shape index (κ2) is 7.76. The van der Waals surface area contributed by atoms with Gasteiger partial charge in [0.15, 0.2) is 0 Å². The average molecular weight is 380 g/mol.